The van der Waals surface area contributed by atoms with Crippen molar-refractivity contribution in [3.8, 4) is 17.2 Å². The largest absolute Gasteiger partial charge is 0.508 e. The number of nitrogens with zero attached hydrogens (tertiary/aromatic N) is 1. The Morgan fingerprint density at radius 2 is 2.06 bits per heavy atom. The number of ether oxygens (including phenoxy) is 3. The minimum atomic E-state index is -0.702. The van der Waals surface area contributed by atoms with Crippen LogP contribution in [0.5, 0.6) is 17.2 Å². The molecule has 1 fully saturated rings. The van der Waals surface area contributed by atoms with Crippen LogP contribution in [0.3, 0.4) is 0 Å². The average Bonchev–Trinajstić information content (AvgIpc) is 3.27. The second-order valence-corrected chi connectivity index (χ2v) is 7.83. The maximum atomic E-state index is 10.7. The first-order valence-electron chi connectivity index (χ1n) is 10.8. The normalized spacial score (nSPS) is 17.4. The molecule has 0 radical (unpaired) electrons. The number of benzene rings is 2. The summed E-state index contributed by atoms with van der Waals surface area (Å²) >= 11 is 0. The number of aliphatic hydroxyl groups is 1. The fourth-order valence-electron chi connectivity index (χ4n) is 3.80. The number of aliphatic hydroxyl groups excluding tert-OH is 1. The molecular formula is C25H33NO5. The maximum absolute atomic E-state index is 10.7. The standard InChI is InChI=1S/C25H33NO5/c1-3-7-19-11-12-24(25(14-19)29-2)31-18-21(27)16-26(17-22-9-6-13-30-22)15-20-8-4-5-10-23(20)28/h3-5,7-8,10-12,14,21-22,27-28H,6,9,13,15-18H2,1-2H3/b7-3+. The molecule has 2 atom stereocenters. The van der Waals surface area contributed by atoms with Crippen molar-refractivity contribution in [2.24, 2.45) is 0 Å². The van der Waals surface area contributed by atoms with E-state index in [1.807, 2.05) is 49.4 Å². The Bertz CT molecular complexity index is 848. The third kappa shape index (κ3) is 6.99. The average molecular weight is 428 g/mol. The molecule has 2 N–H and O–H groups in total. The van der Waals surface area contributed by atoms with E-state index in [1.165, 1.54) is 0 Å². The Morgan fingerprint density at radius 1 is 1.23 bits per heavy atom. The van der Waals surface area contributed by atoms with Gasteiger partial charge in [0.1, 0.15) is 18.5 Å². The number of hydrogen-bond acceptors (Lipinski definition) is 6. The monoisotopic (exact) mass is 427 g/mol. The molecular weight excluding hydrogens is 394 g/mol. The molecule has 2 unspecified atom stereocenters. The van der Waals surface area contributed by atoms with Crippen molar-refractivity contribution in [1.29, 1.82) is 0 Å². The van der Waals surface area contributed by atoms with Crippen LogP contribution < -0.4 is 9.47 Å². The van der Waals surface area contributed by atoms with E-state index in [0.29, 0.717) is 31.1 Å². The van der Waals surface area contributed by atoms with E-state index in [9.17, 15) is 10.2 Å². The third-order valence-corrected chi connectivity index (χ3v) is 5.32. The van der Waals surface area contributed by atoms with E-state index < -0.39 is 6.10 Å². The summed E-state index contributed by atoms with van der Waals surface area (Å²) in [6.45, 7) is 4.53. The van der Waals surface area contributed by atoms with Crippen molar-refractivity contribution in [1.82, 2.24) is 4.90 Å². The number of allylic oxidation sites excluding steroid dienone is 1. The molecule has 0 aromatic heterocycles. The minimum Gasteiger partial charge on any atom is -0.508 e. The van der Waals surface area contributed by atoms with Gasteiger partial charge in [-0.05, 0) is 43.5 Å². The second kappa shape index (κ2) is 11.7. The molecule has 0 aliphatic carbocycles. The zero-order valence-corrected chi connectivity index (χ0v) is 18.4. The van der Waals surface area contributed by atoms with Gasteiger partial charge in [-0.15, -0.1) is 0 Å². The number of aromatic hydroxyl groups is 1. The molecule has 1 aliphatic heterocycles. The molecule has 0 saturated carbocycles. The van der Waals surface area contributed by atoms with E-state index in [1.54, 1.807) is 19.2 Å². The SMILES string of the molecule is C/C=C/c1ccc(OCC(O)CN(Cc2ccccc2O)CC2CCCO2)c(OC)c1. The summed E-state index contributed by atoms with van der Waals surface area (Å²) in [5.74, 6) is 1.49. The zero-order valence-electron chi connectivity index (χ0n) is 18.4. The van der Waals surface area contributed by atoms with Gasteiger partial charge in [-0.1, -0.05) is 36.4 Å². The summed E-state index contributed by atoms with van der Waals surface area (Å²) in [4.78, 5) is 2.12. The Kier molecular flexibility index (Phi) is 8.76. The van der Waals surface area contributed by atoms with Crippen LogP contribution in [-0.2, 0) is 11.3 Å². The topological polar surface area (TPSA) is 71.4 Å². The number of rotatable bonds is 11. The smallest absolute Gasteiger partial charge is 0.161 e. The molecule has 1 saturated heterocycles. The van der Waals surface area contributed by atoms with Crippen LogP contribution >= 0.6 is 0 Å². The van der Waals surface area contributed by atoms with Crippen molar-refractivity contribution < 1.29 is 24.4 Å². The predicted molar refractivity (Wildman–Crippen MR) is 122 cm³/mol. The lowest BCUT2D eigenvalue weighted by Crippen LogP contribution is -2.39. The lowest BCUT2D eigenvalue weighted by Gasteiger charge is -2.28. The van der Waals surface area contributed by atoms with Crippen LogP contribution in [-0.4, -0.2) is 60.7 Å². The first-order valence-corrected chi connectivity index (χ1v) is 10.8. The zero-order chi connectivity index (χ0) is 22.1. The molecule has 168 valence electrons. The van der Waals surface area contributed by atoms with Crippen molar-refractivity contribution in [3.63, 3.8) is 0 Å². The van der Waals surface area contributed by atoms with Gasteiger partial charge in [0, 0.05) is 31.8 Å². The van der Waals surface area contributed by atoms with Gasteiger partial charge in [0.05, 0.1) is 13.2 Å². The molecule has 1 heterocycles. The van der Waals surface area contributed by atoms with Crippen LogP contribution in [0.15, 0.2) is 48.5 Å². The fourth-order valence-corrected chi connectivity index (χ4v) is 3.80. The third-order valence-electron chi connectivity index (χ3n) is 5.32. The molecule has 6 heteroatoms. The Labute approximate surface area is 184 Å². The summed E-state index contributed by atoms with van der Waals surface area (Å²) in [5, 5.41) is 20.8. The van der Waals surface area contributed by atoms with E-state index in [0.717, 1.165) is 30.6 Å². The number of para-hydroxylation sites is 1. The Balaban J connectivity index is 1.61. The van der Waals surface area contributed by atoms with E-state index in [-0.39, 0.29) is 18.5 Å². The molecule has 0 spiro atoms. The summed E-state index contributed by atoms with van der Waals surface area (Å²) in [6, 6.07) is 13.0. The van der Waals surface area contributed by atoms with E-state index >= 15 is 0 Å². The number of methoxy groups -OCH3 is 1. The highest BCUT2D eigenvalue weighted by atomic mass is 16.5. The molecule has 0 bridgehead atoms. The number of hydrogen-bond donors (Lipinski definition) is 2. The van der Waals surface area contributed by atoms with Gasteiger partial charge in [0.15, 0.2) is 11.5 Å². The van der Waals surface area contributed by atoms with Crippen molar-refractivity contribution in [2.45, 2.75) is 38.5 Å². The molecule has 2 aromatic carbocycles. The molecule has 2 aromatic rings. The number of phenols is 1. The molecule has 3 rings (SSSR count). The van der Waals surface area contributed by atoms with Gasteiger partial charge in [-0.3, -0.25) is 4.90 Å². The Morgan fingerprint density at radius 3 is 2.77 bits per heavy atom. The Hall–Kier alpha value is -2.54. The van der Waals surface area contributed by atoms with Crippen LogP contribution in [0.25, 0.3) is 6.08 Å². The van der Waals surface area contributed by atoms with Crippen LogP contribution in [0, 0.1) is 0 Å². The van der Waals surface area contributed by atoms with E-state index in [2.05, 4.69) is 4.90 Å². The lowest BCUT2D eigenvalue weighted by atomic mass is 10.1. The lowest BCUT2D eigenvalue weighted by molar-refractivity contribution is 0.0307. The fraction of sp³-hybridized carbons (Fsp3) is 0.440. The van der Waals surface area contributed by atoms with E-state index in [4.69, 9.17) is 14.2 Å². The minimum absolute atomic E-state index is 0.141. The summed E-state index contributed by atoms with van der Waals surface area (Å²) in [7, 11) is 1.60. The van der Waals surface area contributed by atoms with Crippen LogP contribution in [0.4, 0.5) is 0 Å². The van der Waals surface area contributed by atoms with Gasteiger partial charge in [0.25, 0.3) is 0 Å². The summed E-state index contributed by atoms with van der Waals surface area (Å²) in [5.41, 5.74) is 1.85. The quantitative estimate of drug-likeness (QED) is 0.568. The van der Waals surface area contributed by atoms with Crippen molar-refractivity contribution in [3.05, 3.63) is 59.7 Å². The highest BCUT2D eigenvalue weighted by molar-refractivity contribution is 5.55. The van der Waals surface area contributed by atoms with Gasteiger partial charge < -0.3 is 24.4 Å². The molecule has 1 aliphatic rings. The maximum Gasteiger partial charge on any atom is 0.161 e. The van der Waals surface area contributed by atoms with Crippen LogP contribution in [0.1, 0.15) is 30.9 Å². The summed E-state index contributed by atoms with van der Waals surface area (Å²) in [6.07, 6.45) is 5.48. The van der Waals surface area contributed by atoms with Gasteiger partial charge >= 0.3 is 0 Å². The summed E-state index contributed by atoms with van der Waals surface area (Å²) < 4.78 is 17.1. The first kappa shape index (κ1) is 23.1. The molecule has 6 nitrogen and oxygen atoms in total. The highest BCUT2D eigenvalue weighted by Gasteiger charge is 2.22. The van der Waals surface area contributed by atoms with Crippen molar-refractivity contribution >= 4 is 6.08 Å². The van der Waals surface area contributed by atoms with Gasteiger partial charge in [-0.2, -0.15) is 0 Å². The first-order chi connectivity index (χ1) is 15.1. The molecule has 31 heavy (non-hydrogen) atoms. The van der Waals surface area contributed by atoms with Gasteiger partial charge in [-0.25, -0.2) is 0 Å². The predicted octanol–water partition coefficient (Wildman–Crippen LogP) is 3.85. The molecule has 0 amide bonds. The second-order valence-electron chi connectivity index (χ2n) is 7.83. The highest BCUT2D eigenvalue weighted by Crippen LogP contribution is 2.29. The van der Waals surface area contributed by atoms with Gasteiger partial charge in [0.2, 0.25) is 0 Å². The van der Waals surface area contributed by atoms with Crippen molar-refractivity contribution in [2.75, 3.05) is 33.4 Å². The van der Waals surface area contributed by atoms with Crippen LogP contribution in [0.2, 0.25) is 0 Å². The number of phenolic OH excluding ortho intramolecular Hbond substituents is 1.